The maximum Gasteiger partial charge on any atom is 0.183 e. The Hall–Kier alpha value is -1.63. The average Bonchev–Trinajstić information content (AvgIpc) is 2.30. The number of hydrogen-bond acceptors (Lipinski definition) is 4. The highest BCUT2D eigenvalue weighted by Crippen LogP contribution is 2.14. The van der Waals surface area contributed by atoms with Crippen molar-refractivity contribution >= 4 is 5.82 Å². The Kier molecular flexibility index (Phi) is 4.55. The summed E-state index contributed by atoms with van der Waals surface area (Å²) in [5.41, 5.74) is 0.412. The monoisotopic (exact) mass is 204 g/mol. The summed E-state index contributed by atoms with van der Waals surface area (Å²) in [6.45, 7) is 5.99. The van der Waals surface area contributed by atoms with E-state index in [9.17, 15) is 0 Å². The van der Waals surface area contributed by atoms with E-state index in [-0.39, 0.29) is 0 Å². The third-order valence-electron chi connectivity index (χ3n) is 2.25. The van der Waals surface area contributed by atoms with Crippen molar-refractivity contribution in [2.45, 2.75) is 26.7 Å². The molecule has 0 saturated carbocycles. The van der Waals surface area contributed by atoms with Gasteiger partial charge in [0, 0.05) is 25.5 Å². The standard InChI is InChI=1S/C11H16N4/c1-3-5-8-15(4-2)11-10(9-12)13-6-7-14-11/h6-7H,3-5,8H2,1-2H3. The van der Waals surface area contributed by atoms with E-state index in [4.69, 9.17) is 5.26 Å². The number of rotatable bonds is 5. The minimum absolute atomic E-state index is 0.412. The molecular formula is C11H16N4. The van der Waals surface area contributed by atoms with Crippen LogP contribution in [-0.2, 0) is 0 Å². The second-order valence-electron chi connectivity index (χ2n) is 3.27. The van der Waals surface area contributed by atoms with Gasteiger partial charge >= 0.3 is 0 Å². The van der Waals surface area contributed by atoms with Crippen molar-refractivity contribution in [3.8, 4) is 6.07 Å². The molecule has 1 aromatic heterocycles. The summed E-state index contributed by atoms with van der Waals surface area (Å²) in [4.78, 5) is 10.3. The van der Waals surface area contributed by atoms with Crippen molar-refractivity contribution < 1.29 is 0 Å². The van der Waals surface area contributed by atoms with Gasteiger partial charge in [0.05, 0.1) is 0 Å². The van der Waals surface area contributed by atoms with Crippen LogP contribution in [0.2, 0.25) is 0 Å². The van der Waals surface area contributed by atoms with Crippen LogP contribution in [0.3, 0.4) is 0 Å². The van der Waals surface area contributed by atoms with Crippen molar-refractivity contribution in [2.75, 3.05) is 18.0 Å². The van der Waals surface area contributed by atoms with Crippen molar-refractivity contribution in [3.63, 3.8) is 0 Å². The largest absolute Gasteiger partial charge is 0.354 e. The highest BCUT2D eigenvalue weighted by Gasteiger charge is 2.10. The van der Waals surface area contributed by atoms with Gasteiger partial charge in [-0.1, -0.05) is 13.3 Å². The summed E-state index contributed by atoms with van der Waals surface area (Å²) in [5.74, 6) is 0.705. The minimum atomic E-state index is 0.412. The molecule has 80 valence electrons. The van der Waals surface area contributed by atoms with Gasteiger partial charge in [0.1, 0.15) is 6.07 Å². The summed E-state index contributed by atoms with van der Waals surface area (Å²) in [6, 6.07) is 2.07. The van der Waals surface area contributed by atoms with Crippen LogP contribution in [0.5, 0.6) is 0 Å². The van der Waals surface area contributed by atoms with Gasteiger partial charge in [0.2, 0.25) is 0 Å². The zero-order valence-corrected chi connectivity index (χ0v) is 9.27. The van der Waals surface area contributed by atoms with Crippen LogP contribution in [0.25, 0.3) is 0 Å². The molecule has 1 rings (SSSR count). The molecule has 0 saturated heterocycles. The molecule has 0 fully saturated rings. The van der Waals surface area contributed by atoms with Gasteiger partial charge in [-0.2, -0.15) is 5.26 Å². The maximum atomic E-state index is 8.91. The van der Waals surface area contributed by atoms with Gasteiger partial charge in [-0.3, -0.25) is 0 Å². The van der Waals surface area contributed by atoms with Crippen LogP contribution in [0.1, 0.15) is 32.4 Å². The molecule has 4 nitrogen and oxygen atoms in total. The van der Waals surface area contributed by atoms with Gasteiger partial charge in [-0.05, 0) is 13.3 Å². The highest BCUT2D eigenvalue weighted by molar-refractivity contribution is 5.49. The normalized spacial score (nSPS) is 9.67. The van der Waals surface area contributed by atoms with E-state index in [1.165, 1.54) is 0 Å². The van der Waals surface area contributed by atoms with Gasteiger partial charge in [-0.25, -0.2) is 9.97 Å². The summed E-state index contributed by atoms with van der Waals surface area (Å²) in [5, 5.41) is 8.91. The Bertz CT molecular complexity index is 343. The molecule has 15 heavy (non-hydrogen) atoms. The fourth-order valence-electron chi connectivity index (χ4n) is 1.40. The van der Waals surface area contributed by atoms with Crippen molar-refractivity contribution in [1.29, 1.82) is 5.26 Å². The van der Waals surface area contributed by atoms with E-state index in [1.54, 1.807) is 12.4 Å². The first kappa shape index (κ1) is 11.4. The number of unbranched alkanes of at least 4 members (excludes halogenated alkanes) is 1. The molecular weight excluding hydrogens is 188 g/mol. The molecule has 0 amide bonds. The number of anilines is 1. The lowest BCUT2D eigenvalue weighted by Gasteiger charge is -2.21. The van der Waals surface area contributed by atoms with Crippen molar-refractivity contribution in [2.24, 2.45) is 0 Å². The fourth-order valence-corrected chi connectivity index (χ4v) is 1.40. The summed E-state index contributed by atoms with van der Waals surface area (Å²) in [7, 11) is 0. The number of aromatic nitrogens is 2. The highest BCUT2D eigenvalue weighted by atomic mass is 15.2. The first-order valence-corrected chi connectivity index (χ1v) is 5.29. The third kappa shape index (κ3) is 2.91. The molecule has 0 aliphatic heterocycles. The third-order valence-corrected chi connectivity index (χ3v) is 2.25. The first-order chi connectivity index (χ1) is 7.33. The van der Waals surface area contributed by atoms with Gasteiger partial charge in [0.25, 0.3) is 0 Å². The van der Waals surface area contributed by atoms with Gasteiger partial charge in [-0.15, -0.1) is 0 Å². The molecule has 0 aromatic carbocycles. The Balaban J connectivity index is 2.86. The number of hydrogen-bond donors (Lipinski definition) is 0. The van der Waals surface area contributed by atoms with E-state index < -0.39 is 0 Å². The smallest absolute Gasteiger partial charge is 0.183 e. The number of nitrogens with zero attached hydrogens (tertiary/aromatic N) is 4. The van der Waals surface area contributed by atoms with Crippen LogP contribution < -0.4 is 4.90 Å². The van der Waals surface area contributed by atoms with Crippen LogP contribution in [0, 0.1) is 11.3 Å². The quantitative estimate of drug-likeness (QED) is 0.735. The predicted octanol–water partition coefficient (Wildman–Crippen LogP) is 1.97. The van der Waals surface area contributed by atoms with Crippen molar-refractivity contribution in [1.82, 2.24) is 9.97 Å². The molecule has 4 heteroatoms. The van der Waals surface area contributed by atoms with Crippen LogP contribution in [-0.4, -0.2) is 23.1 Å². The van der Waals surface area contributed by atoms with Crippen LogP contribution >= 0.6 is 0 Å². The lowest BCUT2D eigenvalue weighted by Crippen LogP contribution is -2.26. The summed E-state index contributed by atoms with van der Waals surface area (Å²) >= 11 is 0. The molecule has 0 aliphatic carbocycles. The second kappa shape index (κ2) is 5.97. The second-order valence-corrected chi connectivity index (χ2v) is 3.27. The van der Waals surface area contributed by atoms with Gasteiger partial charge in [0.15, 0.2) is 11.5 Å². The maximum absolute atomic E-state index is 8.91. The molecule has 0 spiro atoms. The fraction of sp³-hybridized carbons (Fsp3) is 0.545. The number of nitriles is 1. The van der Waals surface area contributed by atoms with Crippen LogP contribution in [0.15, 0.2) is 12.4 Å². The van der Waals surface area contributed by atoms with E-state index in [2.05, 4.69) is 34.8 Å². The summed E-state index contributed by atoms with van der Waals surface area (Å²) < 4.78 is 0. The average molecular weight is 204 g/mol. The lowest BCUT2D eigenvalue weighted by molar-refractivity contribution is 0.721. The Labute approximate surface area is 90.6 Å². The van der Waals surface area contributed by atoms with E-state index >= 15 is 0 Å². The predicted molar refractivity (Wildman–Crippen MR) is 59.5 cm³/mol. The molecule has 1 aromatic rings. The molecule has 1 heterocycles. The molecule has 0 atom stereocenters. The lowest BCUT2D eigenvalue weighted by atomic mass is 10.3. The van der Waals surface area contributed by atoms with Gasteiger partial charge < -0.3 is 4.90 Å². The molecule has 0 unspecified atom stereocenters. The van der Waals surface area contributed by atoms with E-state index in [1.807, 2.05) is 0 Å². The molecule has 0 bridgehead atoms. The molecule has 0 N–H and O–H groups in total. The topological polar surface area (TPSA) is 52.8 Å². The zero-order valence-electron chi connectivity index (χ0n) is 9.27. The Morgan fingerprint density at radius 1 is 1.33 bits per heavy atom. The Morgan fingerprint density at radius 2 is 2.07 bits per heavy atom. The molecule has 0 radical (unpaired) electrons. The van der Waals surface area contributed by atoms with Crippen LogP contribution in [0.4, 0.5) is 5.82 Å². The summed E-state index contributed by atoms with van der Waals surface area (Å²) in [6.07, 6.45) is 5.43. The first-order valence-electron chi connectivity index (χ1n) is 5.29. The molecule has 0 aliphatic rings. The Morgan fingerprint density at radius 3 is 2.67 bits per heavy atom. The SMILES string of the molecule is CCCCN(CC)c1nccnc1C#N. The van der Waals surface area contributed by atoms with E-state index in [0.717, 1.165) is 25.9 Å². The minimum Gasteiger partial charge on any atom is -0.354 e. The van der Waals surface area contributed by atoms with E-state index in [0.29, 0.717) is 11.5 Å². The van der Waals surface area contributed by atoms with Crippen molar-refractivity contribution in [3.05, 3.63) is 18.1 Å². The zero-order chi connectivity index (χ0) is 11.1.